The van der Waals surface area contributed by atoms with Crippen molar-refractivity contribution in [3.05, 3.63) is 454 Å². The van der Waals surface area contributed by atoms with Gasteiger partial charge in [-0.3, -0.25) is 23.7 Å². The molecule has 15 heteroatoms. The second-order valence-corrected chi connectivity index (χ2v) is 44.5. The number of aryl methyl sites for hydroxylation is 3. The van der Waals surface area contributed by atoms with E-state index in [-0.39, 0.29) is 0 Å². The van der Waals surface area contributed by atoms with Gasteiger partial charge in [-0.1, -0.05) is 336 Å². The van der Waals surface area contributed by atoms with E-state index >= 15 is 13.7 Å². The Morgan fingerprint density at radius 3 is 0.894 bits per heavy atom. The Labute approximate surface area is 813 Å². The van der Waals surface area contributed by atoms with Crippen LogP contribution >= 0.6 is 21.4 Å². The van der Waals surface area contributed by atoms with Crippen molar-refractivity contribution >= 4 is 178 Å². The normalized spacial score (nSPS) is 15.3. The minimum absolute atomic E-state index is 0.638. The molecule has 668 valence electrons. The SMILES string of the molecule is CCc1nc2cccc3c2n1-c1ccc(-c2c4ccccc4c(-c4ccc(C#N)cc4)c4ccccc24)cc1P3(=O)c1ccccc1.CCc1nc2cccc3c2n1-c1ccc(-c2c4ccccc4c(-c4cccc5cccnc45)c4ccccc24)cc1P3(=O)c1ccccc1.CCc1nc2cccc3c2n1-c1ccc(-c2c4ccccc4c(-c4cccnc4)c4ccccc24)cc1P3(=O)c1ccccc1. The molecule has 0 saturated heterocycles. The molecule has 0 saturated carbocycles. The van der Waals surface area contributed by atoms with E-state index in [4.69, 9.17) is 19.9 Å². The second-order valence-electron chi connectivity index (χ2n) is 36.4. The highest BCUT2D eigenvalue weighted by Gasteiger charge is 2.44. The first kappa shape index (κ1) is 84.6. The van der Waals surface area contributed by atoms with Crippen LogP contribution in [-0.2, 0) is 33.0 Å². The van der Waals surface area contributed by atoms with E-state index in [0.29, 0.717) is 5.56 Å². The third-order valence-electron chi connectivity index (χ3n) is 29.0. The maximum Gasteiger partial charge on any atom is 0.175 e. The molecule has 25 aromatic rings. The zero-order chi connectivity index (χ0) is 94.5. The third-order valence-corrected chi connectivity index (χ3v) is 38.3. The van der Waals surface area contributed by atoms with Crippen molar-refractivity contribution in [2.45, 2.75) is 40.0 Å². The minimum atomic E-state index is -3.28. The lowest BCUT2D eigenvalue weighted by Crippen LogP contribution is -2.33. The number of pyridine rings is 2. The summed E-state index contributed by atoms with van der Waals surface area (Å²) in [5, 5.41) is 31.9. The molecule has 8 heterocycles. The Morgan fingerprint density at radius 1 is 0.270 bits per heavy atom. The Hall–Kier alpha value is -16.9. The van der Waals surface area contributed by atoms with E-state index in [2.05, 4.69) is 276 Å². The van der Waals surface area contributed by atoms with Crippen LogP contribution in [0.4, 0.5) is 0 Å². The lowest BCUT2D eigenvalue weighted by atomic mass is 9.85. The van der Waals surface area contributed by atoms with E-state index in [1.54, 1.807) is 0 Å². The van der Waals surface area contributed by atoms with Crippen LogP contribution in [0.3, 0.4) is 0 Å². The molecule has 12 nitrogen and oxygen atoms in total. The van der Waals surface area contributed by atoms with Gasteiger partial charge in [-0.15, -0.1) is 0 Å². The summed E-state index contributed by atoms with van der Waals surface area (Å²) in [7, 11) is -9.82. The number of nitrogens with zero attached hydrogens (tertiary/aromatic N) is 9. The highest BCUT2D eigenvalue weighted by atomic mass is 31.2. The highest BCUT2D eigenvalue weighted by Crippen LogP contribution is 2.57. The number of hydrogen-bond acceptors (Lipinski definition) is 9. The van der Waals surface area contributed by atoms with Crippen molar-refractivity contribution in [3.8, 4) is 89.9 Å². The van der Waals surface area contributed by atoms with E-state index in [1.807, 2.05) is 201 Å². The monoisotopic (exact) mass is 1870 g/mol. The molecular weight excluding hydrogens is 1780 g/mol. The molecule has 3 atom stereocenters. The van der Waals surface area contributed by atoms with Crippen molar-refractivity contribution in [3.63, 3.8) is 0 Å². The molecule has 0 radical (unpaired) electrons. The molecule has 141 heavy (non-hydrogen) atoms. The Bertz CT molecular complexity index is 9600. The molecule has 0 spiro atoms. The summed E-state index contributed by atoms with van der Waals surface area (Å²) in [6.45, 7) is 6.39. The molecule has 20 aromatic carbocycles. The number of aromatic nitrogens is 8. The summed E-state index contributed by atoms with van der Waals surface area (Å²) in [6.07, 6.45) is 7.94. The zero-order valence-corrected chi connectivity index (χ0v) is 79.9. The summed E-state index contributed by atoms with van der Waals surface area (Å²) < 4.78 is 54.5. The molecular formula is C126H86N9O3P3. The van der Waals surface area contributed by atoms with Gasteiger partial charge in [-0.05, 0) is 217 Å². The van der Waals surface area contributed by atoms with Gasteiger partial charge >= 0.3 is 0 Å². The topological polar surface area (TPSA) is 154 Å². The smallest absolute Gasteiger partial charge is 0.175 e. The number of fused-ring (bicyclic) bond motifs is 13. The van der Waals surface area contributed by atoms with Crippen molar-refractivity contribution in [2.24, 2.45) is 0 Å². The molecule has 0 bridgehead atoms. The standard InChI is InChI=1S/C44H30N3OP.C42H28N3OP.C40H28N3OP/c1-2-40-46-36-22-11-23-38-44(36)47(40)37-25-24-29(27-39(37)49(38,48)30-15-4-3-5-16-30)41-31-17-6-8-19-33(31)42(34-20-9-7-18-32(34)41)35-21-10-13-28-14-12-26-45-43(28)35;1-2-39-44-35-17-10-18-37-42(35)45(39)36-24-23-29(25-38(36)47(37,46)30-11-4-3-5-12-30)41-33-15-8-6-13-31(33)40(32-14-7-9-16-34(32)41)28-21-19-27(26-43)20-22-28;1-2-37-42-33-19-10-20-35-40(33)43(37)34-22-21-26(24-36(34)45(35,44)28-13-4-3-5-14-28)38-29-15-6-8-17-31(29)39(27-12-11-23-41-25-27)32-18-9-7-16-30(32)38/h3-27H,2H2,1H3;3-25H,2H2,1H3;3-25H,2H2,1H3. The Balaban J connectivity index is 0.000000109. The highest BCUT2D eigenvalue weighted by molar-refractivity contribution is 7.87. The lowest BCUT2D eigenvalue weighted by molar-refractivity contribution is 0.591. The van der Waals surface area contributed by atoms with Crippen LogP contribution in [0.5, 0.6) is 0 Å². The third kappa shape index (κ3) is 12.8. The molecule has 0 fully saturated rings. The first-order chi connectivity index (χ1) is 69.5. The van der Waals surface area contributed by atoms with Crippen molar-refractivity contribution in [1.82, 2.24) is 38.6 Å². The van der Waals surface area contributed by atoms with Crippen molar-refractivity contribution in [1.29, 1.82) is 5.26 Å². The fourth-order valence-corrected chi connectivity index (χ4v) is 32.1. The van der Waals surface area contributed by atoms with Crippen LogP contribution in [0.15, 0.2) is 431 Å². The molecule has 28 rings (SSSR count). The largest absolute Gasteiger partial charge is 0.308 e. The second kappa shape index (κ2) is 33.5. The maximum atomic E-state index is 16.0. The van der Waals surface area contributed by atoms with Gasteiger partial charge in [0.25, 0.3) is 0 Å². The molecule has 5 aromatic heterocycles. The van der Waals surface area contributed by atoms with Crippen LogP contribution in [0, 0.1) is 11.3 Å². The van der Waals surface area contributed by atoms with Gasteiger partial charge in [0.15, 0.2) is 21.4 Å². The zero-order valence-electron chi connectivity index (χ0n) is 77.2. The number of nitriles is 1. The summed E-state index contributed by atoms with van der Waals surface area (Å²) in [5.74, 6) is 2.91. The van der Waals surface area contributed by atoms with Gasteiger partial charge in [-0.2, -0.15) is 5.26 Å². The molecule has 0 amide bonds. The number of benzene rings is 20. The summed E-state index contributed by atoms with van der Waals surface area (Å²) in [5.41, 5.74) is 23.2. The number of imidazole rings is 3. The van der Waals surface area contributed by atoms with Crippen LogP contribution in [0.2, 0.25) is 0 Å². The quantitative estimate of drug-likeness (QED) is 0.0859. The van der Waals surface area contributed by atoms with E-state index in [0.717, 1.165) is 266 Å². The van der Waals surface area contributed by atoms with Crippen LogP contribution < -0.4 is 47.7 Å². The molecule has 3 aliphatic rings. The Kier molecular flexibility index (Phi) is 20.1. The van der Waals surface area contributed by atoms with Gasteiger partial charge in [0, 0.05) is 102 Å². The first-order valence-electron chi connectivity index (χ1n) is 48.0. The predicted molar refractivity (Wildman–Crippen MR) is 586 cm³/mol. The van der Waals surface area contributed by atoms with Gasteiger partial charge in [0.05, 0.1) is 67.3 Å². The first-order valence-corrected chi connectivity index (χ1v) is 53.1. The lowest BCUT2D eigenvalue weighted by Gasteiger charge is -2.30. The van der Waals surface area contributed by atoms with Crippen molar-refractivity contribution < 1.29 is 13.7 Å². The van der Waals surface area contributed by atoms with E-state index in [9.17, 15) is 5.26 Å². The average Bonchev–Trinajstić information content (AvgIpc) is 1.61. The van der Waals surface area contributed by atoms with Crippen molar-refractivity contribution in [2.75, 3.05) is 0 Å². The summed E-state index contributed by atoms with van der Waals surface area (Å²) in [6, 6.07) is 144. The maximum absolute atomic E-state index is 16.0. The van der Waals surface area contributed by atoms with Crippen LogP contribution in [0.1, 0.15) is 43.8 Å². The van der Waals surface area contributed by atoms with Crippen LogP contribution in [0.25, 0.3) is 192 Å². The minimum Gasteiger partial charge on any atom is -0.308 e. The van der Waals surface area contributed by atoms with Gasteiger partial charge in [0.1, 0.15) is 17.5 Å². The number of hydrogen-bond donors (Lipinski definition) is 0. The fourth-order valence-electron chi connectivity index (χ4n) is 23.0. The predicted octanol–water partition coefficient (Wildman–Crippen LogP) is 27.4. The average molecular weight is 1870 g/mol. The van der Waals surface area contributed by atoms with Gasteiger partial charge < -0.3 is 13.7 Å². The van der Waals surface area contributed by atoms with Gasteiger partial charge in [0.2, 0.25) is 0 Å². The number of rotatable bonds is 12. The Morgan fingerprint density at radius 2 is 0.567 bits per heavy atom. The fraction of sp³-hybridized carbons (Fsp3) is 0.0476. The number of para-hydroxylation sites is 4. The summed E-state index contributed by atoms with van der Waals surface area (Å²) in [4.78, 5) is 24.3. The molecule has 0 aliphatic carbocycles. The summed E-state index contributed by atoms with van der Waals surface area (Å²) >= 11 is 0. The van der Waals surface area contributed by atoms with Crippen LogP contribution in [-0.4, -0.2) is 38.6 Å². The molecule has 0 N–H and O–H groups in total. The molecule has 3 unspecified atom stereocenters. The van der Waals surface area contributed by atoms with E-state index < -0.39 is 21.4 Å². The molecule has 3 aliphatic heterocycles. The van der Waals surface area contributed by atoms with E-state index in [1.165, 1.54) is 11.1 Å². The van der Waals surface area contributed by atoms with Gasteiger partial charge in [-0.25, -0.2) is 15.0 Å².